The van der Waals surface area contributed by atoms with Crippen LogP contribution in [-0.4, -0.2) is 40.3 Å². The molecule has 36 heavy (non-hydrogen) atoms. The van der Waals surface area contributed by atoms with E-state index in [9.17, 15) is 13.2 Å². The van der Waals surface area contributed by atoms with E-state index in [0.717, 1.165) is 9.87 Å². The highest BCUT2D eigenvalue weighted by Crippen LogP contribution is 2.28. The number of hydrazone groups is 1. The van der Waals surface area contributed by atoms with Crippen LogP contribution in [0.25, 0.3) is 0 Å². The van der Waals surface area contributed by atoms with Crippen LogP contribution in [0.5, 0.6) is 11.5 Å². The maximum Gasteiger partial charge on any atom is 0.264 e. The van der Waals surface area contributed by atoms with Crippen LogP contribution in [-0.2, 0) is 14.8 Å². The molecular formula is C26H28BrN3O5S. The molecule has 0 fully saturated rings. The lowest BCUT2D eigenvalue weighted by atomic mass is 10.2. The summed E-state index contributed by atoms with van der Waals surface area (Å²) in [5, 5.41) is 4.00. The number of nitrogens with one attached hydrogen (secondary N) is 1. The number of anilines is 1. The third kappa shape index (κ3) is 7.08. The van der Waals surface area contributed by atoms with Gasteiger partial charge in [-0.25, -0.2) is 13.8 Å². The molecule has 0 aliphatic heterocycles. The van der Waals surface area contributed by atoms with E-state index < -0.39 is 22.5 Å². The van der Waals surface area contributed by atoms with E-state index >= 15 is 0 Å². The number of sulfonamides is 1. The van der Waals surface area contributed by atoms with Crippen LogP contribution >= 0.6 is 15.9 Å². The van der Waals surface area contributed by atoms with Gasteiger partial charge in [0.1, 0.15) is 6.54 Å². The second-order valence-corrected chi connectivity index (χ2v) is 10.4. The summed E-state index contributed by atoms with van der Waals surface area (Å²) in [4.78, 5) is 12.8. The molecular weight excluding hydrogens is 546 g/mol. The number of hydrogen-bond acceptors (Lipinski definition) is 6. The van der Waals surface area contributed by atoms with Gasteiger partial charge in [0, 0.05) is 4.47 Å². The van der Waals surface area contributed by atoms with Crippen molar-refractivity contribution < 1.29 is 22.7 Å². The number of carbonyl (C=O) groups excluding carboxylic acids is 1. The van der Waals surface area contributed by atoms with Crippen molar-refractivity contribution in [3.8, 4) is 11.5 Å². The van der Waals surface area contributed by atoms with Crippen LogP contribution in [0.3, 0.4) is 0 Å². The molecule has 0 radical (unpaired) electrons. The number of amides is 1. The fourth-order valence-corrected chi connectivity index (χ4v) is 5.08. The highest BCUT2D eigenvalue weighted by atomic mass is 79.9. The summed E-state index contributed by atoms with van der Waals surface area (Å²) in [7, 11) is -4.01. The first kappa shape index (κ1) is 27.2. The predicted molar refractivity (Wildman–Crippen MR) is 144 cm³/mol. The van der Waals surface area contributed by atoms with Gasteiger partial charge in [0.05, 0.1) is 30.0 Å². The van der Waals surface area contributed by atoms with Crippen LogP contribution in [0.15, 0.2) is 81.2 Å². The second kappa shape index (κ2) is 12.5. The van der Waals surface area contributed by atoms with Crippen molar-refractivity contribution in [3.63, 3.8) is 0 Å². The fourth-order valence-electron chi connectivity index (χ4n) is 3.28. The molecule has 0 heterocycles. The summed E-state index contributed by atoms with van der Waals surface area (Å²) in [6, 6.07) is 18.5. The van der Waals surface area contributed by atoms with Crippen molar-refractivity contribution in [2.45, 2.75) is 25.7 Å². The number of aryl methyl sites for hydroxylation is 1. The Labute approximate surface area is 220 Å². The van der Waals surface area contributed by atoms with E-state index in [2.05, 4.69) is 26.5 Å². The lowest BCUT2D eigenvalue weighted by Gasteiger charge is -2.24. The second-order valence-electron chi connectivity index (χ2n) is 7.67. The molecule has 0 saturated carbocycles. The average Bonchev–Trinajstić information content (AvgIpc) is 2.84. The smallest absolute Gasteiger partial charge is 0.264 e. The van der Waals surface area contributed by atoms with E-state index in [1.54, 1.807) is 54.6 Å². The van der Waals surface area contributed by atoms with Crippen LogP contribution in [0, 0.1) is 6.92 Å². The van der Waals surface area contributed by atoms with Gasteiger partial charge in [-0.15, -0.1) is 0 Å². The van der Waals surface area contributed by atoms with E-state index in [-0.39, 0.29) is 4.90 Å². The summed E-state index contributed by atoms with van der Waals surface area (Å²) in [6.07, 6.45) is 1.45. The Morgan fingerprint density at radius 2 is 1.69 bits per heavy atom. The van der Waals surface area contributed by atoms with Gasteiger partial charge in [0.25, 0.3) is 15.9 Å². The van der Waals surface area contributed by atoms with Crippen molar-refractivity contribution in [1.82, 2.24) is 5.43 Å². The lowest BCUT2D eigenvalue weighted by Crippen LogP contribution is -2.39. The quantitative estimate of drug-likeness (QED) is 0.260. The molecule has 3 aromatic carbocycles. The van der Waals surface area contributed by atoms with Crippen LogP contribution in [0.2, 0.25) is 0 Å². The zero-order valence-electron chi connectivity index (χ0n) is 20.3. The van der Waals surface area contributed by atoms with Gasteiger partial charge in [-0.1, -0.05) is 39.7 Å². The van der Waals surface area contributed by atoms with Crippen molar-refractivity contribution in [2.24, 2.45) is 5.10 Å². The molecule has 10 heteroatoms. The zero-order chi connectivity index (χ0) is 26.1. The average molecular weight is 574 g/mol. The topological polar surface area (TPSA) is 97.3 Å². The minimum absolute atomic E-state index is 0.0854. The number of ether oxygens (including phenoxy) is 2. The number of nitrogens with zero attached hydrogens (tertiary/aromatic N) is 2. The Hall–Kier alpha value is -3.37. The minimum atomic E-state index is -4.01. The van der Waals surface area contributed by atoms with E-state index in [4.69, 9.17) is 9.47 Å². The van der Waals surface area contributed by atoms with E-state index in [1.807, 2.05) is 20.8 Å². The lowest BCUT2D eigenvalue weighted by molar-refractivity contribution is -0.119. The summed E-state index contributed by atoms with van der Waals surface area (Å²) >= 11 is 3.36. The summed E-state index contributed by atoms with van der Waals surface area (Å²) < 4.78 is 39.8. The molecule has 0 spiro atoms. The molecule has 1 N–H and O–H groups in total. The Morgan fingerprint density at radius 1 is 1.00 bits per heavy atom. The number of benzene rings is 3. The predicted octanol–water partition coefficient (Wildman–Crippen LogP) is 4.90. The van der Waals surface area contributed by atoms with Crippen molar-refractivity contribution in [2.75, 3.05) is 24.1 Å². The standard InChI is InChI=1S/C26H28BrN3O5S/c1-4-34-24-14-11-20(15-25(24)35-5-2)17-28-29-26(31)18-30(22-8-6-7-21(27)16-22)36(32,33)23-12-9-19(3)10-13-23/h6-17H,4-5,18H2,1-3H3,(H,29,31)/b28-17-. The normalized spacial score (nSPS) is 11.3. The number of carbonyl (C=O) groups is 1. The van der Waals surface area contributed by atoms with Gasteiger partial charge < -0.3 is 9.47 Å². The molecule has 0 unspecified atom stereocenters. The highest BCUT2D eigenvalue weighted by molar-refractivity contribution is 9.10. The molecule has 0 saturated heterocycles. The van der Waals surface area contributed by atoms with Gasteiger partial charge in [0.15, 0.2) is 11.5 Å². The first-order valence-corrected chi connectivity index (χ1v) is 13.5. The third-order valence-electron chi connectivity index (χ3n) is 4.96. The number of hydrogen-bond donors (Lipinski definition) is 1. The van der Waals surface area contributed by atoms with Gasteiger partial charge in [-0.3, -0.25) is 9.10 Å². The van der Waals surface area contributed by atoms with Gasteiger partial charge in [-0.2, -0.15) is 5.10 Å². The molecule has 1 amide bonds. The molecule has 3 aromatic rings. The Kier molecular flexibility index (Phi) is 9.49. The maximum absolute atomic E-state index is 13.4. The van der Waals surface area contributed by atoms with Crippen molar-refractivity contribution >= 4 is 43.8 Å². The molecule has 0 aromatic heterocycles. The first-order valence-electron chi connectivity index (χ1n) is 11.3. The van der Waals surface area contributed by atoms with Crippen LogP contribution in [0.4, 0.5) is 5.69 Å². The fraction of sp³-hybridized carbons (Fsp3) is 0.231. The monoisotopic (exact) mass is 573 g/mol. The maximum atomic E-state index is 13.4. The third-order valence-corrected chi connectivity index (χ3v) is 7.24. The van der Waals surface area contributed by atoms with Crippen molar-refractivity contribution in [3.05, 3.63) is 82.3 Å². The van der Waals surface area contributed by atoms with Crippen LogP contribution in [0.1, 0.15) is 25.0 Å². The summed E-state index contributed by atoms with van der Waals surface area (Å²) in [5.74, 6) is 0.587. The van der Waals surface area contributed by atoms with Gasteiger partial charge >= 0.3 is 0 Å². The zero-order valence-corrected chi connectivity index (χ0v) is 22.7. The van der Waals surface area contributed by atoms with E-state index in [1.165, 1.54) is 18.3 Å². The molecule has 8 nitrogen and oxygen atoms in total. The summed E-state index contributed by atoms with van der Waals surface area (Å²) in [6.45, 7) is 6.14. The number of halogens is 1. The largest absolute Gasteiger partial charge is 0.490 e. The molecule has 3 rings (SSSR count). The molecule has 0 aliphatic rings. The highest BCUT2D eigenvalue weighted by Gasteiger charge is 2.27. The molecule has 0 atom stereocenters. The Morgan fingerprint density at radius 3 is 2.36 bits per heavy atom. The van der Waals surface area contributed by atoms with Gasteiger partial charge in [-0.05, 0) is 74.9 Å². The molecule has 0 bridgehead atoms. The van der Waals surface area contributed by atoms with E-state index in [0.29, 0.717) is 40.4 Å². The van der Waals surface area contributed by atoms with Crippen molar-refractivity contribution in [1.29, 1.82) is 0 Å². The summed E-state index contributed by atoms with van der Waals surface area (Å²) in [5.41, 5.74) is 4.36. The Bertz CT molecular complexity index is 1330. The van der Waals surface area contributed by atoms with Gasteiger partial charge in [0.2, 0.25) is 0 Å². The first-order chi connectivity index (χ1) is 17.2. The SMILES string of the molecule is CCOc1ccc(/C=N\NC(=O)CN(c2cccc(Br)c2)S(=O)(=O)c2ccc(C)cc2)cc1OCC. The molecule has 0 aliphatic carbocycles. The number of rotatable bonds is 11. The van der Waals surface area contributed by atoms with Crippen LogP contribution < -0.4 is 19.2 Å². The Balaban J connectivity index is 1.80. The minimum Gasteiger partial charge on any atom is -0.490 e. The molecule has 190 valence electrons.